The second kappa shape index (κ2) is 4.71. The average Bonchev–Trinajstić information content (AvgIpc) is 2.46. The van der Waals surface area contributed by atoms with Gasteiger partial charge in [-0.2, -0.15) is 0 Å². The first-order valence-corrected chi connectivity index (χ1v) is 6.12. The first-order chi connectivity index (χ1) is 9.27. The first-order valence-electron chi connectivity index (χ1n) is 6.12. The van der Waals surface area contributed by atoms with Crippen LogP contribution in [0.2, 0.25) is 0 Å². The molecule has 1 unspecified atom stereocenters. The Morgan fingerprint density at radius 1 is 0.947 bits per heavy atom. The molecule has 1 aromatic heterocycles. The summed E-state index contributed by atoms with van der Waals surface area (Å²) in [7, 11) is 0. The third kappa shape index (κ3) is 2.04. The lowest BCUT2D eigenvalue weighted by atomic mass is 9.96. The van der Waals surface area contributed by atoms with Gasteiger partial charge in [0.15, 0.2) is 0 Å². The fraction of sp³-hybridized carbons (Fsp3) is 0.0625. The van der Waals surface area contributed by atoms with Crippen LogP contribution in [0.15, 0.2) is 60.9 Å². The van der Waals surface area contributed by atoms with Crippen molar-refractivity contribution in [3.05, 3.63) is 72.1 Å². The standard InChI is InChI=1S/C16H14N2O/c17-15-8-9-18-10-14(15)16(19)13-7-3-5-11-4-1-2-6-12(11)13/h1-10,16,19H,(H2,17,18). The zero-order valence-corrected chi connectivity index (χ0v) is 10.3. The van der Waals surface area contributed by atoms with Crippen LogP contribution < -0.4 is 5.73 Å². The fourth-order valence-corrected chi connectivity index (χ4v) is 2.30. The highest BCUT2D eigenvalue weighted by Crippen LogP contribution is 2.30. The number of nitrogen functional groups attached to an aromatic ring is 1. The Hall–Kier alpha value is -2.39. The maximum Gasteiger partial charge on any atom is 0.108 e. The smallest absolute Gasteiger partial charge is 0.108 e. The van der Waals surface area contributed by atoms with Crippen LogP contribution in [0.25, 0.3) is 10.8 Å². The van der Waals surface area contributed by atoms with Gasteiger partial charge in [0.05, 0.1) is 0 Å². The summed E-state index contributed by atoms with van der Waals surface area (Å²) in [5.41, 5.74) is 7.94. The highest BCUT2D eigenvalue weighted by molar-refractivity contribution is 5.86. The minimum Gasteiger partial charge on any atom is -0.398 e. The van der Waals surface area contributed by atoms with Crippen molar-refractivity contribution in [3.8, 4) is 0 Å². The molecule has 94 valence electrons. The van der Waals surface area contributed by atoms with Crippen LogP contribution in [-0.2, 0) is 0 Å². The van der Waals surface area contributed by atoms with Crippen molar-refractivity contribution >= 4 is 16.5 Å². The molecule has 0 aliphatic rings. The molecular weight excluding hydrogens is 236 g/mol. The second-order valence-corrected chi connectivity index (χ2v) is 4.48. The van der Waals surface area contributed by atoms with Gasteiger partial charge in [0.25, 0.3) is 0 Å². The van der Waals surface area contributed by atoms with Crippen molar-refractivity contribution in [1.82, 2.24) is 4.98 Å². The second-order valence-electron chi connectivity index (χ2n) is 4.48. The number of aliphatic hydroxyl groups is 1. The van der Waals surface area contributed by atoms with E-state index in [-0.39, 0.29) is 0 Å². The third-order valence-electron chi connectivity index (χ3n) is 3.30. The summed E-state index contributed by atoms with van der Waals surface area (Å²) >= 11 is 0. The number of aliphatic hydroxyl groups excluding tert-OH is 1. The maximum atomic E-state index is 10.6. The van der Waals surface area contributed by atoms with Gasteiger partial charge in [-0.25, -0.2) is 0 Å². The zero-order chi connectivity index (χ0) is 13.2. The van der Waals surface area contributed by atoms with Gasteiger partial charge in [0.2, 0.25) is 0 Å². The lowest BCUT2D eigenvalue weighted by Gasteiger charge is -2.15. The summed E-state index contributed by atoms with van der Waals surface area (Å²) in [6.07, 6.45) is 2.47. The number of anilines is 1. The molecule has 0 radical (unpaired) electrons. The molecule has 3 nitrogen and oxygen atoms in total. The van der Waals surface area contributed by atoms with Gasteiger partial charge in [-0.3, -0.25) is 4.98 Å². The topological polar surface area (TPSA) is 59.1 Å². The monoisotopic (exact) mass is 250 g/mol. The molecule has 0 spiro atoms. The van der Waals surface area contributed by atoms with Gasteiger partial charge < -0.3 is 10.8 Å². The summed E-state index contributed by atoms with van der Waals surface area (Å²) in [6, 6.07) is 15.6. The molecule has 2 aromatic carbocycles. The van der Waals surface area contributed by atoms with Gasteiger partial charge in [0, 0.05) is 23.6 Å². The molecule has 0 aliphatic carbocycles. The minimum atomic E-state index is -0.764. The van der Waals surface area contributed by atoms with Crippen molar-refractivity contribution in [3.63, 3.8) is 0 Å². The van der Waals surface area contributed by atoms with E-state index in [2.05, 4.69) is 4.98 Å². The van der Waals surface area contributed by atoms with Crippen molar-refractivity contribution in [1.29, 1.82) is 0 Å². The van der Waals surface area contributed by atoms with E-state index >= 15 is 0 Å². The van der Waals surface area contributed by atoms with Crippen LogP contribution in [0.4, 0.5) is 5.69 Å². The number of hydrogen-bond donors (Lipinski definition) is 2. The third-order valence-corrected chi connectivity index (χ3v) is 3.30. The minimum absolute atomic E-state index is 0.551. The number of hydrogen-bond acceptors (Lipinski definition) is 3. The van der Waals surface area contributed by atoms with Crippen LogP contribution in [-0.4, -0.2) is 10.1 Å². The largest absolute Gasteiger partial charge is 0.398 e. The van der Waals surface area contributed by atoms with Crippen LogP contribution in [0.5, 0.6) is 0 Å². The molecule has 1 atom stereocenters. The summed E-state index contributed by atoms with van der Waals surface area (Å²) in [5.74, 6) is 0. The molecule has 0 fully saturated rings. The molecule has 0 saturated heterocycles. The summed E-state index contributed by atoms with van der Waals surface area (Å²) in [6.45, 7) is 0. The van der Waals surface area contributed by atoms with E-state index in [1.807, 2.05) is 42.5 Å². The van der Waals surface area contributed by atoms with E-state index < -0.39 is 6.10 Å². The number of nitrogens with two attached hydrogens (primary N) is 1. The number of nitrogens with zero attached hydrogens (tertiary/aromatic N) is 1. The Balaban J connectivity index is 2.17. The van der Waals surface area contributed by atoms with Crippen molar-refractivity contribution < 1.29 is 5.11 Å². The van der Waals surface area contributed by atoms with Gasteiger partial charge in [-0.15, -0.1) is 0 Å². The first kappa shape index (κ1) is 11.7. The molecule has 3 N–H and O–H groups in total. The van der Waals surface area contributed by atoms with E-state index in [4.69, 9.17) is 5.73 Å². The number of rotatable bonds is 2. The van der Waals surface area contributed by atoms with Crippen molar-refractivity contribution in [2.45, 2.75) is 6.10 Å². The van der Waals surface area contributed by atoms with E-state index in [1.54, 1.807) is 18.5 Å². The summed E-state index contributed by atoms with van der Waals surface area (Å²) in [4.78, 5) is 4.03. The SMILES string of the molecule is Nc1ccncc1C(O)c1cccc2ccccc12. The number of pyridine rings is 1. The van der Waals surface area contributed by atoms with Crippen LogP contribution >= 0.6 is 0 Å². The lowest BCUT2D eigenvalue weighted by Crippen LogP contribution is -2.04. The molecule has 0 bridgehead atoms. The Morgan fingerprint density at radius 3 is 2.58 bits per heavy atom. The molecule has 3 aromatic rings. The lowest BCUT2D eigenvalue weighted by molar-refractivity contribution is 0.222. The van der Waals surface area contributed by atoms with Gasteiger partial charge in [-0.05, 0) is 22.4 Å². The van der Waals surface area contributed by atoms with E-state index in [9.17, 15) is 5.11 Å². The predicted molar refractivity (Wildman–Crippen MR) is 76.7 cm³/mol. The number of aromatic nitrogens is 1. The van der Waals surface area contributed by atoms with Gasteiger partial charge >= 0.3 is 0 Å². The summed E-state index contributed by atoms with van der Waals surface area (Å²) < 4.78 is 0. The van der Waals surface area contributed by atoms with Crippen molar-refractivity contribution in [2.75, 3.05) is 5.73 Å². The molecule has 0 saturated carbocycles. The predicted octanol–water partition coefficient (Wildman–Crippen LogP) is 2.90. The molecule has 0 amide bonds. The van der Waals surface area contributed by atoms with E-state index in [0.29, 0.717) is 11.3 Å². The van der Waals surface area contributed by atoms with Gasteiger partial charge in [0.1, 0.15) is 6.10 Å². The molecule has 1 heterocycles. The van der Waals surface area contributed by atoms with Crippen molar-refractivity contribution in [2.24, 2.45) is 0 Å². The Morgan fingerprint density at radius 2 is 1.74 bits per heavy atom. The number of benzene rings is 2. The molecule has 0 aliphatic heterocycles. The van der Waals surface area contributed by atoms with Crippen LogP contribution in [0.3, 0.4) is 0 Å². The Bertz CT molecular complexity index is 719. The van der Waals surface area contributed by atoms with Gasteiger partial charge in [-0.1, -0.05) is 42.5 Å². The quantitative estimate of drug-likeness (QED) is 0.735. The maximum absolute atomic E-state index is 10.6. The molecule has 3 rings (SSSR count). The number of fused-ring (bicyclic) bond motifs is 1. The van der Waals surface area contributed by atoms with E-state index in [1.165, 1.54) is 0 Å². The highest BCUT2D eigenvalue weighted by Gasteiger charge is 2.15. The molecular formula is C16H14N2O. The fourth-order valence-electron chi connectivity index (χ4n) is 2.30. The average molecular weight is 250 g/mol. The Labute approximate surface area is 111 Å². The van der Waals surface area contributed by atoms with E-state index in [0.717, 1.165) is 16.3 Å². The zero-order valence-electron chi connectivity index (χ0n) is 10.3. The normalized spacial score (nSPS) is 12.5. The van der Waals surface area contributed by atoms with Crippen LogP contribution in [0.1, 0.15) is 17.2 Å². The highest BCUT2D eigenvalue weighted by atomic mass is 16.3. The summed E-state index contributed by atoms with van der Waals surface area (Å²) in [5, 5.41) is 12.7. The molecule has 3 heteroatoms. The molecule has 19 heavy (non-hydrogen) atoms. The Kier molecular flexibility index (Phi) is 2.89. The van der Waals surface area contributed by atoms with Crippen LogP contribution in [0, 0.1) is 0 Å².